The summed E-state index contributed by atoms with van der Waals surface area (Å²) in [6.45, 7) is 0.380. The molecule has 0 aliphatic carbocycles. The monoisotopic (exact) mass is 298 g/mol. The van der Waals surface area contributed by atoms with Gasteiger partial charge in [-0.1, -0.05) is 12.1 Å². The summed E-state index contributed by atoms with van der Waals surface area (Å²) in [5.74, 6) is 0.349. The van der Waals surface area contributed by atoms with E-state index in [1.807, 2.05) is 0 Å². The Kier molecular flexibility index (Phi) is 4.46. The maximum Gasteiger partial charge on any atom is 0.422 e. The van der Waals surface area contributed by atoms with E-state index < -0.39 is 12.8 Å². The Morgan fingerprint density at radius 2 is 1.81 bits per heavy atom. The number of hydrogen-bond acceptors (Lipinski definition) is 2. The third-order valence-electron chi connectivity index (χ3n) is 1.53. The van der Waals surface area contributed by atoms with Crippen LogP contribution in [0, 0.1) is 0 Å². The molecule has 0 heterocycles. The summed E-state index contributed by atoms with van der Waals surface area (Å²) in [4.78, 5) is 0. The summed E-state index contributed by atoms with van der Waals surface area (Å²) < 4.78 is 45.7. The highest BCUT2D eigenvalue weighted by Gasteiger charge is 2.28. The summed E-state index contributed by atoms with van der Waals surface area (Å²) in [7, 11) is 0. The van der Waals surface area contributed by atoms with Crippen molar-refractivity contribution >= 4 is 15.9 Å². The van der Waals surface area contributed by atoms with E-state index in [1.165, 1.54) is 6.07 Å². The summed E-state index contributed by atoms with van der Waals surface area (Å²) in [6, 6.07) is 6.21. The van der Waals surface area contributed by atoms with E-state index in [-0.39, 0.29) is 16.5 Å². The van der Waals surface area contributed by atoms with Gasteiger partial charge >= 0.3 is 6.18 Å². The normalized spacial score (nSPS) is 13.3. The van der Waals surface area contributed by atoms with Crippen molar-refractivity contribution in [3.8, 4) is 11.5 Å². The molecular weight excluding hydrogens is 289 g/mol. The molecule has 1 atom stereocenters. The molecule has 1 aromatic carbocycles. The van der Waals surface area contributed by atoms with E-state index in [0.29, 0.717) is 0 Å². The van der Waals surface area contributed by atoms with Gasteiger partial charge in [0.25, 0.3) is 0 Å². The van der Waals surface area contributed by atoms with Crippen LogP contribution in [0.15, 0.2) is 24.3 Å². The van der Waals surface area contributed by atoms with Gasteiger partial charge in [0, 0.05) is 0 Å². The molecule has 16 heavy (non-hydrogen) atoms. The fourth-order valence-corrected chi connectivity index (χ4v) is 1.20. The maximum absolute atomic E-state index is 12.0. The molecule has 1 rings (SSSR count). The first-order valence-corrected chi connectivity index (χ1v) is 5.39. The van der Waals surface area contributed by atoms with Crippen LogP contribution in [0.5, 0.6) is 11.5 Å². The Balaban J connectivity index is 2.71. The summed E-state index contributed by atoms with van der Waals surface area (Å²) >= 11 is 3.14. The van der Waals surface area contributed by atoms with Crippen LogP contribution in [0.2, 0.25) is 0 Å². The van der Waals surface area contributed by atoms with Crippen molar-refractivity contribution in [2.24, 2.45) is 0 Å². The van der Waals surface area contributed by atoms with Crippen molar-refractivity contribution in [2.45, 2.75) is 18.1 Å². The van der Waals surface area contributed by atoms with Gasteiger partial charge in [-0.25, -0.2) is 0 Å². The quantitative estimate of drug-likeness (QED) is 0.788. The molecule has 1 unspecified atom stereocenters. The lowest BCUT2D eigenvalue weighted by molar-refractivity contribution is -0.153. The van der Waals surface area contributed by atoms with Gasteiger partial charge in [0.1, 0.15) is 0 Å². The second kappa shape index (κ2) is 5.43. The maximum atomic E-state index is 12.0. The Labute approximate surface area is 99.5 Å². The van der Waals surface area contributed by atoms with E-state index in [2.05, 4.69) is 20.7 Å². The van der Waals surface area contributed by atoms with Crippen LogP contribution in [0.3, 0.4) is 0 Å². The molecule has 0 aliphatic rings. The second-order valence-corrected chi connectivity index (χ2v) is 4.30. The minimum absolute atomic E-state index is 0.0751. The summed E-state index contributed by atoms with van der Waals surface area (Å²) in [6.07, 6.45) is -4.35. The Bertz CT molecular complexity index is 339. The van der Waals surface area contributed by atoms with Crippen molar-refractivity contribution in [3.05, 3.63) is 24.3 Å². The van der Waals surface area contributed by atoms with Crippen LogP contribution >= 0.6 is 15.9 Å². The number of halogens is 4. The molecule has 0 fully saturated rings. The standard InChI is InChI=1S/C10H10BrF3O2/c1-7(11)16-9-5-3-2-4-8(9)15-6-10(12,13)14/h2-5,7H,6H2,1H3. The van der Waals surface area contributed by atoms with Gasteiger partial charge in [-0.2, -0.15) is 13.2 Å². The zero-order valence-electron chi connectivity index (χ0n) is 8.42. The molecule has 0 radical (unpaired) electrons. The van der Waals surface area contributed by atoms with Crippen LogP contribution in [0.4, 0.5) is 13.2 Å². The van der Waals surface area contributed by atoms with Gasteiger partial charge in [0.2, 0.25) is 0 Å². The van der Waals surface area contributed by atoms with Gasteiger partial charge in [0.05, 0.1) is 0 Å². The number of hydrogen-bond donors (Lipinski definition) is 0. The van der Waals surface area contributed by atoms with Crippen LogP contribution in [-0.2, 0) is 0 Å². The predicted octanol–water partition coefficient (Wildman–Crippen LogP) is 3.75. The molecule has 0 N–H and O–H groups in total. The van der Waals surface area contributed by atoms with Crippen molar-refractivity contribution in [2.75, 3.05) is 6.61 Å². The number of rotatable bonds is 4. The average molecular weight is 299 g/mol. The molecule has 0 aromatic heterocycles. The highest BCUT2D eigenvalue weighted by atomic mass is 79.9. The average Bonchev–Trinajstić information content (AvgIpc) is 2.14. The first-order valence-electron chi connectivity index (χ1n) is 4.48. The van der Waals surface area contributed by atoms with Gasteiger partial charge in [0.15, 0.2) is 23.1 Å². The third kappa shape index (κ3) is 4.74. The molecule has 1 aromatic rings. The van der Waals surface area contributed by atoms with Crippen molar-refractivity contribution in [3.63, 3.8) is 0 Å². The fourth-order valence-electron chi connectivity index (χ4n) is 1.00. The molecule has 0 bridgehead atoms. The zero-order chi connectivity index (χ0) is 12.2. The lowest BCUT2D eigenvalue weighted by Crippen LogP contribution is -2.19. The third-order valence-corrected chi connectivity index (χ3v) is 1.72. The van der Waals surface area contributed by atoms with Gasteiger partial charge in [-0.15, -0.1) is 0 Å². The van der Waals surface area contributed by atoms with E-state index >= 15 is 0 Å². The SMILES string of the molecule is CC(Br)Oc1ccccc1OCC(F)(F)F. The van der Waals surface area contributed by atoms with Crippen molar-refractivity contribution < 1.29 is 22.6 Å². The molecule has 2 nitrogen and oxygen atoms in total. The minimum atomic E-state index is -4.35. The highest BCUT2D eigenvalue weighted by molar-refractivity contribution is 9.09. The van der Waals surface area contributed by atoms with E-state index in [9.17, 15) is 13.2 Å². The summed E-state index contributed by atoms with van der Waals surface area (Å²) in [5.41, 5.74) is 0. The van der Waals surface area contributed by atoms with Crippen LogP contribution < -0.4 is 9.47 Å². The van der Waals surface area contributed by atoms with Crippen molar-refractivity contribution in [1.82, 2.24) is 0 Å². The first kappa shape index (κ1) is 13.2. The van der Waals surface area contributed by atoms with Gasteiger partial charge < -0.3 is 9.47 Å². The molecule has 0 aliphatic heterocycles. The Morgan fingerprint density at radius 1 is 1.25 bits per heavy atom. The van der Waals surface area contributed by atoms with Crippen molar-refractivity contribution in [1.29, 1.82) is 0 Å². The molecule has 0 amide bonds. The lowest BCUT2D eigenvalue weighted by atomic mass is 10.3. The van der Waals surface area contributed by atoms with E-state index in [1.54, 1.807) is 25.1 Å². The number of para-hydroxylation sites is 2. The fraction of sp³-hybridized carbons (Fsp3) is 0.400. The molecule has 0 saturated carbocycles. The number of ether oxygens (including phenoxy) is 2. The smallest absolute Gasteiger partial charge is 0.422 e. The molecule has 0 saturated heterocycles. The molecule has 6 heteroatoms. The lowest BCUT2D eigenvalue weighted by Gasteiger charge is -2.14. The van der Waals surface area contributed by atoms with E-state index in [4.69, 9.17) is 4.74 Å². The number of benzene rings is 1. The van der Waals surface area contributed by atoms with Crippen LogP contribution in [0.1, 0.15) is 6.92 Å². The van der Waals surface area contributed by atoms with Gasteiger partial charge in [-0.05, 0) is 35.0 Å². The minimum Gasteiger partial charge on any atom is -0.480 e. The zero-order valence-corrected chi connectivity index (χ0v) is 10.0. The Hall–Kier alpha value is -0.910. The molecular formula is C10H10BrF3O2. The largest absolute Gasteiger partial charge is 0.480 e. The summed E-state index contributed by atoms with van der Waals surface area (Å²) in [5, 5.41) is -0.303. The first-order chi connectivity index (χ1) is 7.38. The number of alkyl halides is 4. The predicted molar refractivity (Wildman–Crippen MR) is 57.0 cm³/mol. The van der Waals surface area contributed by atoms with E-state index in [0.717, 1.165) is 0 Å². The van der Waals surface area contributed by atoms with Crippen LogP contribution in [-0.4, -0.2) is 17.8 Å². The highest BCUT2D eigenvalue weighted by Crippen LogP contribution is 2.29. The Morgan fingerprint density at radius 3 is 2.31 bits per heavy atom. The topological polar surface area (TPSA) is 18.5 Å². The second-order valence-electron chi connectivity index (χ2n) is 3.01. The van der Waals surface area contributed by atoms with Gasteiger partial charge in [-0.3, -0.25) is 0 Å². The molecule has 90 valence electrons. The van der Waals surface area contributed by atoms with Crippen LogP contribution in [0.25, 0.3) is 0 Å². The molecule has 0 spiro atoms.